The van der Waals surface area contributed by atoms with Crippen molar-refractivity contribution in [2.75, 3.05) is 19.6 Å². The first-order valence-electron chi connectivity index (χ1n) is 6.07. The van der Waals surface area contributed by atoms with Gasteiger partial charge in [0.05, 0.1) is 12.6 Å². The lowest BCUT2D eigenvalue weighted by atomic mass is 10.0. The first-order valence-corrected chi connectivity index (χ1v) is 6.07. The molecule has 0 spiro atoms. The number of β-amino-alcohol motifs (C(OH)–C–C–N with tert-alkyl or cyclic N) is 1. The Morgan fingerprint density at radius 3 is 2.82 bits per heavy atom. The quantitative estimate of drug-likeness (QED) is 0.805. The van der Waals surface area contributed by atoms with Crippen LogP contribution in [0.1, 0.15) is 27.9 Å². The summed E-state index contributed by atoms with van der Waals surface area (Å²) in [6.07, 6.45) is 0.516. The average molecular weight is 233 g/mol. The maximum atomic E-state index is 12.1. The van der Waals surface area contributed by atoms with E-state index in [4.69, 9.17) is 0 Å². The van der Waals surface area contributed by atoms with E-state index < -0.39 is 0 Å². The highest BCUT2D eigenvalue weighted by molar-refractivity contribution is 5.99. The van der Waals surface area contributed by atoms with Gasteiger partial charge in [-0.05, 0) is 25.8 Å². The fourth-order valence-electron chi connectivity index (χ4n) is 2.37. The number of aliphatic hydroxyl groups excluding tert-OH is 1. The molecule has 1 fully saturated rings. The molecular weight excluding hydrogens is 214 g/mol. The van der Waals surface area contributed by atoms with Crippen LogP contribution in [-0.2, 0) is 0 Å². The van der Waals surface area contributed by atoms with Gasteiger partial charge in [0.15, 0.2) is 5.78 Å². The lowest BCUT2D eigenvalue weighted by Gasteiger charge is -2.14. The summed E-state index contributed by atoms with van der Waals surface area (Å²) in [7, 11) is 0. The molecule has 0 aliphatic carbocycles. The average Bonchev–Trinajstić information content (AvgIpc) is 2.63. The third kappa shape index (κ3) is 2.93. The Hall–Kier alpha value is -1.19. The molecule has 1 aliphatic rings. The molecule has 92 valence electrons. The third-order valence-electron chi connectivity index (χ3n) is 3.30. The molecule has 0 amide bonds. The predicted octanol–water partition coefficient (Wildman–Crippen LogP) is 1.55. The minimum atomic E-state index is -0.262. The van der Waals surface area contributed by atoms with Crippen LogP contribution < -0.4 is 0 Å². The summed E-state index contributed by atoms with van der Waals surface area (Å²) in [5, 5.41) is 9.42. The van der Waals surface area contributed by atoms with Crippen molar-refractivity contribution in [2.24, 2.45) is 0 Å². The number of rotatable bonds is 3. The number of likely N-dealkylation sites (tertiary alicyclic amines) is 1. The topological polar surface area (TPSA) is 40.5 Å². The highest BCUT2D eigenvalue weighted by Gasteiger charge is 2.22. The van der Waals surface area contributed by atoms with Crippen LogP contribution in [0.15, 0.2) is 18.2 Å². The molecule has 17 heavy (non-hydrogen) atoms. The normalized spacial score (nSPS) is 20.8. The largest absolute Gasteiger partial charge is 0.392 e. The molecule has 0 bridgehead atoms. The molecule has 1 atom stereocenters. The molecule has 0 radical (unpaired) electrons. The third-order valence-corrected chi connectivity index (χ3v) is 3.30. The molecule has 1 aromatic rings. The first-order chi connectivity index (χ1) is 8.06. The monoisotopic (exact) mass is 233 g/mol. The van der Waals surface area contributed by atoms with E-state index in [1.54, 1.807) is 0 Å². The molecule has 0 saturated carbocycles. The van der Waals surface area contributed by atoms with Crippen molar-refractivity contribution >= 4 is 5.78 Å². The van der Waals surface area contributed by atoms with E-state index in [0.29, 0.717) is 13.1 Å². The van der Waals surface area contributed by atoms with E-state index in [2.05, 4.69) is 0 Å². The Kier molecular flexibility index (Phi) is 3.60. The van der Waals surface area contributed by atoms with Crippen LogP contribution in [0, 0.1) is 13.8 Å². The molecule has 2 rings (SSSR count). The summed E-state index contributed by atoms with van der Waals surface area (Å²) in [5.74, 6) is 0.150. The second kappa shape index (κ2) is 4.98. The van der Waals surface area contributed by atoms with Gasteiger partial charge in [-0.25, -0.2) is 0 Å². The van der Waals surface area contributed by atoms with Gasteiger partial charge < -0.3 is 5.11 Å². The van der Waals surface area contributed by atoms with Gasteiger partial charge in [-0.1, -0.05) is 23.8 Å². The number of aliphatic hydroxyl groups is 1. The smallest absolute Gasteiger partial charge is 0.177 e. The number of carbonyl (C=O) groups excluding carboxylic acids is 1. The van der Waals surface area contributed by atoms with E-state index in [1.165, 1.54) is 5.56 Å². The molecular formula is C14H19NO2. The zero-order valence-electron chi connectivity index (χ0n) is 10.4. The standard InChI is InChI=1S/C14H19NO2/c1-10-3-4-13(11(2)7-10)14(17)9-15-6-5-12(16)8-15/h3-4,7,12,16H,5-6,8-9H2,1-2H3/t12-/m0/s1. The fourth-order valence-corrected chi connectivity index (χ4v) is 2.37. The molecule has 3 heteroatoms. The van der Waals surface area contributed by atoms with E-state index in [-0.39, 0.29) is 11.9 Å². The molecule has 0 aromatic heterocycles. The summed E-state index contributed by atoms with van der Waals surface area (Å²) in [6.45, 7) is 5.85. The van der Waals surface area contributed by atoms with Crippen molar-refractivity contribution in [2.45, 2.75) is 26.4 Å². The molecule has 1 heterocycles. The number of hydrogen-bond donors (Lipinski definition) is 1. The number of hydrogen-bond acceptors (Lipinski definition) is 3. The maximum Gasteiger partial charge on any atom is 0.177 e. The van der Waals surface area contributed by atoms with Crippen molar-refractivity contribution in [3.05, 3.63) is 34.9 Å². The maximum absolute atomic E-state index is 12.1. The van der Waals surface area contributed by atoms with Crippen LogP contribution in [0.5, 0.6) is 0 Å². The van der Waals surface area contributed by atoms with E-state index >= 15 is 0 Å². The van der Waals surface area contributed by atoms with Gasteiger partial charge in [-0.15, -0.1) is 0 Å². The van der Waals surface area contributed by atoms with Crippen molar-refractivity contribution in [1.82, 2.24) is 4.90 Å². The number of aryl methyl sites for hydroxylation is 2. The van der Waals surface area contributed by atoms with Gasteiger partial charge >= 0.3 is 0 Å². The molecule has 1 aliphatic heterocycles. The molecule has 1 N–H and O–H groups in total. The van der Waals surface area contributed by atoms with Crippen LogP contribution in [0.25, 0.3) is 0 Å². The number of ketones is 1. The number of benzene rings is 1. The number of carbonyl (C=O) groups is 1. The zero-order chi connectivity index (χ0) is 12.4. The first kappa shape index (κ1) is 12.3. The lowest BCUT2D eigenvalue weighted by Crippen LogP contribution is -2.29. The Balaban J connectivity index is 2.04. The Morgan fingerprint density at radius 2 is 2.24 bits per heavy atom. The summed E-state index contributed by atoms with van der Waals surface area (Å²) in [4.78, 5) is 14.1. The summed E-state index contributed by atoms with van der Waals surface area (Å²) >= 11 is 0. The van der Waals surface area contributed by atoms with Crippen LogP contribution in [-0.4, -0.2) is 41.5 Å². The summed E-state index contributed by atoms with van der Waals surface area (Å²) < 4.78 is 0. The lowest BCUT2D eigenvalue weighted by molar-refractivity contribution is 0.0934. The van der Waals surface area contributed by atoms with Crippen LogP contribution in [0.2, 0.25) is 0 Å². The Labute approximate surface area is 102 Å². The number of nitrogens with zero attached hydrogens (tertiary/aromatic N) is 1. The van der Waals surface area contributed by atoms with Gasteiger partial charge in [0, 0.05) is 18.7 Å². The van der Waals surface area contributed by atoms with Crippen LogP contribution in [0.4, 0.5) is 0 Å². The minimum absolute atomic E-state index is 0.150. The van der Waals surface area contributed by atoms with Crippen molar-refractivity contribution in [3.63, 3.8) is 0 Å². The van der Waals surface area contributed by atoms with E-state index in [0.717, 1.165) is 24.1 Å². The molecule has 3 nitrogen and oxygen atoms in total. The van der Waals surface area contributed by atoms with Crippen molar-refractivity contribution in [1.29, 1.82) is 0 Å². The second-order valence-electron chi connectivity index (χ2n) is 4.92. The number of Topliss-reactive ketones (excluding diaryl/α,β-unsaturated/α-hetero) is 1. The van der Waals surface area contributed by atoms with Crippen molar-refractivity contribution in [3.8, 4) is 0 Å². The van der Waals surface area contributed by atoms with Gasteiger partial charge in [0.25, 0.3) is 0 Å². The molecule has 1 aromatic carbocycles. The molecule has 0 unspecified atom stereocenters. The Morgan fingerprint density at radius 1 is 1.47 bits per heavy atom. The molecule has 1 saturated heterocycles. The van der Waals surface area contributed by atoms with Crippen LogP contribution >= 0.6 is 0 Å². The highest BCUT2D eigenvalue weighted by atomic mass is 16.3. The predicted molar refractivity (Wildman–Crippen MR) is 67.3 cm³/mol. The van der Waals surface area contributed by atoms with Gasteiger partial charge in [0.1, 0.15) is 0 Å². The van der Waals surface area contributed by atoms with Gasteiger partial charge in [-0.3, -0.25) is 9.69 Å². The SMILES string of the molecule is Cc1ccc(C(=O)CN2CC[C@H](O)C2)c(C)c1. The summed E-state index contributed by atoms with van der Waals surface area (Å²) in [6, 6.07) is 5.91. The second-order valence-corrected chi connectivity index (χ2v) is 4.92. The highest BCUT2D eigenvalue weighted by Crippen LogP contribution is 2.14. The summed E-state index contributed by atoms with van der Waals surface area (Å²) in [5.41, 5.74) is 3.02. The van der Waals surface area contributed by atoms with Crippen molar-refractivity contribution < 1.29 is 9.90 Å². The minimum Gasteiger partial charge on any atom is -0.392 e. The zero-order valence-corrected chi connectivity index (χ0v) is 10.4. The fraction of sp³-hybridized carbons (Fsp3) is 0.500. The van der Waals surface area contributed by atoms with Gasteiger partial charge in [-0.2, -0.15) is 0 Å². The van der Waals surface area contributed by atoms with Crippen LogP contribution in [0.3, 0.4) is 0 Å². The van der Waals surface area contributed by atoms with E-state index in [9.17, 15) is 9.90 Å². The Bertz CT molecular complexity index is 428. The van der Waals surface area contributed by atoms with E-state index in [1.807, 2.05) is 36.9 Å². The van der Waals surface area contributed by atoms with Gasteiger partial charge in [0.2, 0.25) is 0 Å².